The minimum Gasteiger partial charge on any atom is -0.480 e. The molecule has 4 atom stereocenters. The molecule has 1 aliphatic carbocycles. The average Bonchev–Trinajstić information content (AvgIpc) is 2.51. The molecule has 0 saturated heterocycles. The highest BCUT2D eigenvalue weighted by atomic mass is 32.2. The van der Waals surface area contributed by atoms with Gasteiger partial charge in [0.05, 0.1) is 11.4 Å². The van der Waals surface area contributed by atoms with Crippen molar-refractivity contribution in [2.75, 3.05) is 6.61 Å². The zero-order chi connectivity index (χ0) is 15.9. The van der Waals surface area contributed by atoms with Crippen molar-refractivity contribution in [3.8, 4) is 0 Å². The maximum absolute atomic E-state index is 11.3. The molecular weight excluding hydrogens is 298 g/mol. The Hall–Kier alpha value is -1.04. The summed E-state index contributed by atoms with van der Waals surface area (Å²) in [5.41, 5.74) is 0. The molecule has 122 valence electrons. The molecule has 2 unspecified atom stereocenters. The fourth-order valence-corrected chi connectivity index (χ4v) is 4.08. The van der Waals surface area contributed by atoms with Gasteiger partial charge in [0.1, 0.15) is 6.04 Å². The largest absolute Gasteiger partial charge is 0.480 e. The van der Waals surface area contributed by atoms with Crippen molar-refractivity contribution in [2.45, 2.75) is 61.4 Å². The fourth-order valence-electron chi connectivity index (χ4n) is 2.76. The maximum atomic E-state index is 11.3. The Kier molecular flexibility index (Phi) is 6.73. The highest BCUT2D eigenvalue weighted by molar-refractivity contribution is 8.00. The van der Waals surface area contributed by atoms with Crippen molar-refractivity contribution in [2.24, 2.45) is 0 Å². The molecule has 0 aromatic heterocycles. The minimum absolute atomic E-state index is 0.189. The Bertz CT molecular complexity index is 468. The predicted octanol–water partition coefficient (Wildman–Crippen LogP) is 3.17. The van der Waals surface area contributed by atoms with Gasteiger partial charge in [-0.05, 0) is 31.9 Å². The van der Waals surface area contributed by atoms with Gasteiger partial charge in [0.15, 0.2) is 0 Å². The van der Waals surface area contributed by atoms with Crippen LogP contribution in [0.2, 0.25) is 0 Å². The third kappa shape index (κ3) is 4.48. The van der Waals surface area contributed by atoms with E-state index in [9.17, 15) is 9.90 Å². The van der Waals surface area contributed by atoms with Crippen LogP contribution in [0, 0.1) is 0 Å². The number of aliphatic carboxylic acids is 1. The van der Waals surface area contributed by atoms with E-state index >= 15 is 0 Å². The SMILES string of the molecule is CCCC(NC1C[C@@H](OCC)[C@@H]1Sc1ccccc1)C(=O)O. The third-order valence-electron chi connectivity index (χ3n) is 3.94. The summed E-state index contributed by atoms with van der Waals surface area (Å²) < 4.78 is 5.79. The van der Waals surface area contributed by atoms with Crippen LogP contribution in [0.25, 0.3) is 0 Å². The van der Waals surface area contributed by atoms with E-state index in [0.717, 1.165) is 12.8 Å². The molecule has 22 heavy (non-hydrogen) atoms. The molecule has 1 aliphatic rings. The van der Waals surface area contributed by atoms with E-state index in [-0.39, 0.29) is 17.4 Å². The lowest BCUT2D eigenvalue weighted by atomic mass is 9.87. The lowest BCUT2D eigenvalue weighted by Gasteiger charge is -2.45. The van der Waals surface area contributed by atoms with Crippen molar-refractivity contribution in [3.63, 3.8) is 0 Å². The standard InChI is InChI=1S/C17H25NO3S/c1-3-8-13(17(19)20)18-14-11-15(21-4-2)16(14)22-12-9-6-5-7-10-12/h5-7,9-10,13-16,18H,3-4,8,11H2,1-2H3,(H,19,20)/t13?,14?,15-,16-/m1/s1. The van der Waals surface area contributed by atoms with E-state index < -0.39 is 12.0 Å². The van der Waals surface area contributed by atoms with Crippen LogP contribution < -0.4 is 5.32 Å². The fraction of sp³-hybridized carbons (Fsp3) is 0.588. The van der Waals surface area contributed by atoms with Gasteiger partial charge in [-0.2, -0.15) is 0 Å². The smallest absolute Gasteiger partial charge is 0.320 e. The minimum atomic E-state index is -0.759. The molecule has 0 spiro atoms. The molecule has 1 fully saturated rings. The number of ether oxygens (including phenoxy) is 1. The molecule has 0 aliphatic heterocycles. The number of carboxylic acid groups (broad SMARTS) is 1. The van der Waals surface area contributed by atoms with Gasteiger partial charge in [0.2, 0.25) is 0 Å². The molecule has 2 N–H and O–H groups in total. The number of benzene rings is 1. The van der Waals surface area contributed by atoms with E-state index in [0.29, 0.717) is 13.0 Å². The van der Waals surface area contributed by atoms with Gasteiger partial charge in [-0.15, -0.1) is 11.8 Å². The first-order chi connectivity index (χ1) is 10.7. The first kappa shape index (κ1) is 17.3. The summed E-state index contributed by atoms with van der Waals surface area (Å²) in [5, 5.41) is 12.9. The highest BCUT2D eigenvalue weighted by Crippen LogP contribution is 2.39. The number of thioether (sulfide) groups is 1. The summed E-state index contributed by atoms with van der Waals surface area (Å²) in [4.78, 5) is 12.5. The summed E-state index contributed by atoms with van der Waals surface area (Å²) >= 11 is 1.78. The van der Waals surface area contributed by atoms with Crippen molar-refractivity contribution >= 4 is 17.7 Å². The summed E-state index contributed by atoms with van der Waals surface area (Å²) in [6.07, 6.45) is 2.60. The van der Waals surface area contributed by atoms with Crippen molar-refractivity contribution < 1.29 is 14.6 Å². The Labute approximate surface area is 136 Å². The molecule has 1 saturated carbocycles. The van der Waals surface area contributed by atoms with E-state index in [2.05, 4.69) is 17.4 Å². The average molecular weight is 323 g/mol. The first-order valence-corrected chi connectivity index (χ1v) is 8.85. The van der Waals surface area contributed by atoms with E-state index in [4.69, 9.17) is 4.74 Å². The molecular formula is C17H25NO3S. The predicted molar refractivity (Wildman–Crippen MR) is 89.4 cm³/mol. The van der Waals surface area contributed by atoms with Crippen LogP contribution in [0.15, 0.2) is 35.2 Å². The van der Waals surface area contributed by atoms with Crippen LogP contribution in [-0.2, 0) is 9.53 Å². The highest BCUT2D eigenvalue weighted by Gasteiger charge is 2.43. The molecule has 1 aromatic rings. The van der Waals surface area contributed by atoms with Crippen LogP contribution in [0.3, 0.4) is 0 Å². The summed E-state index contributed by atoms with van der Waals surface area (Å²) in [5.74, 6) is -0.759. The second-order valence-corrected chi connectivity index (χ2v) is 6.83. The van der Waals surface area contributed by atoms with Crippen LogP contribution in [-0.4, -0.2) is 41.1 Å². The Morgan fingerprint density at radius 3 is 2.73 bits per heavy atom. The van der Waals surface area contributed by atoms with E-state index in [1.807, 2.05) is 32.0 Å². The zero-order valence-electron chi connectivity index (χ0n) is 13.2. The van der Waals surface area contributed by atoms with Gasteiger partial charge in [0.25, 0.3) is 0 Å². The second-order valence-electron chi connectivity index (χ2n) is 5.58. The molecule has 0 bridgehead atoms. The number of hydrogen-bond donors (Lipinski definition) is 2. The van der Waals surface area contributed by atoms with Crippen LogP contribution >= 0.6 is 11.8 Å². The molecule has 4 nitrogen and oxygen atoms in total. The molecule has 2 rings (SSSR count). The molecule has 5 heteroatoms. The number of hydrogen-bond acceptors (Lipinski definition) is 4. The van der Waals surface area contributed by atoms with Gasteiger partial charge in [0, 0.05) is 17.5 Å². The van der Waals surface area contributed by atoms with Crippen molar-refractivity contribution in [1.82, 2.24) is 5.32 Å². The Balaban J connectivity index is 1.99. The molecule has 1 aromatic carbocycles. The number of rotatable bonds is 9. The Morgan fingerprint density at radius 1 is 1.41 bits per heavy atom. The quantitative estimate of drug-likeness (QED) is 0.731. The van der Waals surface area contributed by atoms with Crippen molar-refractivity contribution in [1.29, 1.82) is 0 Å². The summed E-state index contributed by atoms with van der Waals surface area (Å²) in [7, 11) is 0. The van der Waals surface area contributed by atoms with Gasteiger partial charge >= 0.3 is 5.97 Å². The first-order valence-electron chi connectivity index (χ1n) is 7.97. The lowest BCUT2D eigenvalue weighted by molar-refractivity contribution is -0.140. The van der Waals surface area contributed by atoms with Crippen LogP contribution in [0.4, 0.5) is 0 Å². The normalized spacial score (nSPS) is 25.5. The van der Waals surface area contributed by atoms with Crippen LogP contribution in [0.1, 0.15) is 33.1 Å². The Morgan fingerprint density at radius 2 is 2.14 bits per heavy atom. The zero-order valence-corrected chi connectivity index (χ0v) is 14.0. The molecule has 0 radical (unpaired) electrons. The molecule has 0 heterocycles. The van der Waals surface area contributed by atoms with Gasteiger partial charge in [-0.3, -0.25) is 4.79 Å². The second kappa shape index (κ2) is 8.56. The third-order valence-corrected chi connectivity index (χ3v) is 5.38. The number of nitrogens with one attached hydrogen (secondary N) is 1. The lowest BCUT2D eigenvalue weighted by Crippen LogP contribution is -2.60. The van der Waals surface area contributed by atoms with Crippen LogP contribution in [0.5, 0.6) is 0 Å². The molecule has 0 amide bonds. The number of carboxylic acids is 1. The summed E-state index contributed by atoms with van der Waals surface area (Å²) in [6.45, 7) is 4.71. The maximum Gasteiger partial charge on any atom is 0.320 e. The van der Waals surface area contributed by atoms with E-state index in [1.54, 1.807) is 11.8 Å². The van der Waals surface area contributed by atoms with Gasteiger partial charge in [-0.25, -0.2) is 0 Å². The summed E-state index contributed by atoms with van der Waals surface area (Å²) in [6, 6.07) is 9.95. The number of carbonyl (C=O) groups is 1. The van der Waals surface area contributed by atoms with Gasteiger partial charge in [-0.1, -0.05) is 31.5 Å². The van der Waals surface area contributed by atoms with Gasteiger partial charge < -0.3 is 15.2 Å². The van der Waals surface area contributed by atoms with Crippen molar-refractivity contribution in [3.05, 3.63) is 30.3 Å². The topological polar surface area (TPSA) is 58.6 Å². The van der Waals surface area contributed by atoms with E-state index in [1.165, 1.54) is 4.90 Å². The monoisotopic (exact) mass is 323 g/mol.